The zero-order valence-corrected chi connectivity index (χ0v) is 15.9. The first-order valence-corrected chi connectivity index (χ1v) is 9.28. The van der Waals surface area contributed by atoms with Crippen LogP contribution in [-0.2, 0) is 11.3 Å². The van der Waals surface area contributed by atoms with Crippen LogP contribution in [0.2, 0.25) is 0 Å². The smallest absolute Gasteiger partial charge is 0.317 e. The van der Waals surface area contributed by atoms with Gasteiger partial charge in [-0.15, -0.1) is 0 Å². The SMILES string of the molecule is CC(CNC(=O)N1CCOC(c2cccc(Br)c2)C1)Cn1cccn1. The van der Waals surface area contributed by atoms with Crippen LogP contribution in [0.1, 0.15) is 18.6 Å². The predicted octanol–water partition coefficient (Wildman–Crippen LogP) is 3.06. The van der Waals surface area contributed by atoms with Crippen LogP contribution in [-0.4, -0.2) is 47.0 Å². The fourth-order valence-corrected chi connectivity index (χ4v) is 3.32. The molecule has 1 saturated heterocycles. The second kappa shape index (κ2) is 8.49. The Morgan fingerprint density at radius 3 is 3.12 bits per heavy atom. The summed E-state index contributed by atoms with van der Waals surface area (Å²) in [6.45, 7) is 5.24. The minimum Gasteiger partial charge on any atom is -0.370 e. The fourth-order valence-electron chi connectivity index (χ4n) is 2.91. The second-order valence-corrected chi connectivity index (χ2v) is 7.30. The number of benzene rings is 1. The van der Waals surface area contributed by atoms with E-state index in [0.717, 1.165) is 16.6 Å². The Morgan fingerprint density at radius 1 is 1.48 bits per heavy atom. The molecule has 25 heavy (non-hydrogen) atoms. The number of rotatable bonds is 5. The van der Waals surface area contributed by atoms with E-state index in [1.807, 2.05) is 46.1 Å². The number of morpholine rings is 1. The molecule has 0 spiro atoms. The molecule has 0 bridgehead atoms. The average molecular weight is 407 g/mol. The van der Waals surface area contributed by atoms with Crippen LogP contribution in [0, 0.1) is 5.92 Å². The number of ether oxygens (including phenoxy) is 1. The first-order chi connectivity index (χ1) is 12.1. The number of nitrogens with zero attached hydrogens (tertiary/aromatic N) is 3. The molecule has 134 valence electrons. The van der Waals surface area contributed by atoms with Crippen LogP contribution in [0.4, 0.5) is 4.79 Å². The molecular weight excluding hydrogens is 384 g/mol. The van der Waals surface area contributed by atoms with Gasteiger partial charge in [-0.05, 0) is 29.7 Å². The molecule has 1 N–H and O–H groups in total. The average Bonchev–Trinajstić information content (AvgIpc) is 3.13. The summed E-state index contributed by atoms with van der Waals surface area (Å²) >= 11 is 3.48. The Hall–Kier alpha value is -1.86. The van der Waals surface area contributed by atoms with Crippen LogP contribution in [0.25, 0.3) is 0 Å². The summed E-state index contributed by atoms with van der Waals surface area (Å²) in [7, 11) is 0. The van der Waals surface area contributed by atoms with Gasteiger partial charge in [0.15, 0.2) is 0 Å². The van der Waals surface area contributed by atoms with E-state index >= 15 is 0 Å². The third-order valence-corrected chi connectivity index (χ3v) is 4.73. The lowest BCUT2D eigenvalue weighted by Crippen LogP contribution is -2.48. The molecule has 7 heteroatoms. The first-order valence-electron chi connectivity index (χ1n) is 8.49. The Kier molecular flexibility index (Phi) is 6.09. The van der Waals surface area contributed by atoms with Gasteiger partial charge in [0.05, 0.1) is 13.2 Å². The molecule has 1 fully saturated rings. The number of hydrogen-bond acceptors (Lipinski definition) is 3. The highest BCUT2D eigenvalue weighted by molar-refractivity contribution is 9.10. The van der Waals surface area contributed by atoms with E-state index in [0.29, 0.717) is 32.2 Å². The number of urea groups is 1. The molecule has 1 aromatic carbocycles. The minimum atomic E-state index is -0.0847. The predicted molar refractivity (Wildman–Crippen MR) is 99.2 cm³/mol. The largest absolute Gasteiger partial charge is 0.370 e. The number of halogens is 1. The topological polar surface area (TPSA) is 59.4 Å². The number of nitrogens with one attached hydrogen (secondary N) is 1. The van der Waals surface area contributed by atoms with Gasteiger partial charge in [-0.25, -0.2) is 4.79 Å². The third-order valence-electron chi connectivity index (χ3n) is 4.23. The summed E-state index contributed by atoms with van der Waals surface area (Å²) in [5.41, 5.74) is 1.08. The van der Waals surface area contributed by atoms with Crippen LogP contribution >= 0.6 is 15.9 Å². The van der Waals surface area contributed by atoms with Crippen molar-refractivity contribution in [1.82, 2.24) is 20.0 Å². The van der Waals surface area contributed by atoms with Gasteiger partial charge in [0.1, 0.15) is 6.10 Å². The molecule has 0 saturated carbocycles. The number of aromatic nitrogens is 2. The monoisotopic (exact) mass is 406 g/mol. The molecule has 1 aliphatic heterocycles. The standard InChI is InChI=1S/C18H23BrN4O2/c1-14(12-23-7-3-6-21-23)11-20-18(24)22-8-9-25-17(13-22)15-4-2-5-16(19)10-15/h2-7,10,14,17H,8-9,11-13H2,1H3,(H,20,24). The maximum absolute atomic E-state index is 12.5. The van der Waals surface area contributed by atoms with Crippen molar-refractivity contribution in [3.05, 3.63) is 52.8 Å². The lowest BCUT2D eigenvalue weighted by Gasteiger charge is -2.33. The minimum absolute atomic E-state index is 0.0318. The lowest BCUT2D eigenvalue weighted by molar-refractivity contribution is -0.0155. The first kappa shape index (κ1) is 17.9. The maximum Gasteiger partial charge on any atom is 0.317 e. The van der Waals surface area contributed by atoms with Crippen LogP contribution in [0.5, 0.6) is 0 Å². The molecular formula is C18H23BrN4O2. The highest BCUT2D eigenvalue weighted by Crippen LogP contribution is 2.24. The van der Waals surface area contributed by atoms with E-state index in [9.17, 15) is 4.79 Å². The van der Waals surface area contributed by atoms with Crippen molar-refractivity contribution < 1.29 is 9.53 Å². The van der Waals surface area contributed by atoms with E-state index < -0.39 is 0 Å². The van der Waals surface area contributed by atoms with Crippen LogP contribution < -0.4 is 5.32 Å². The van der Waals surface area contributed by atoms with Crippen LogP contribution in [0.3, 0.4) is 0 Å². The Balaban J connectivity index is 1.50. The van der Waals surface area contributed by atoms with Gasteiger partial charge in [-0.3, -0.25) is 4.68 Å². The van der Waals surface area contributed by atoms with Gasteiger partial charge in [0, 0.05) is 36.5 Å². The normalized spacial score (nSPS) is 18.8. The maximum atomic E-state index is 12.5. The van der Waals surface area contributed by atoms with Crippen molar-refractivity contribution >= 4 is 22.0 Å². The lowest BCUT2D eigenvalue weighted by atomic mass is 10.1. The number of carbonyl (C=O) groups is 1. The van der Waals surface area contributed by atoms with Crippen LogP contribution in [0.15, 0.2) is 47.2 Å². The van der Waals surface area contributed by atoms with Gasteiger partial charge in [0.2, 0.25) is 0 Å². The zero-order chi connectivity index (χ0) is 17.6. The van der Waals surface area contributed by atoms with Gasteiger partial charge < -0.3 is 15.0 Å². The molecule has 1 aliphatic rings. The van der Waals surface area contributed by atoms with Crippen molar-refractivity contribution in [2.45, 2.75) is 19.6 Å². The van der Waals surface area contributed by atoms with E-state index in [1.165, 1.54) is 0 Å². The molecule has 0 aliphatic carbocycles. The molecule has 2 aromatic rings. The summed E-state index contributed by atoms with van der Waals surface area (Å²) in [5, 5.41) is 7.23. The fraction of sp³-hybridized carbons (Fsp3) is 0.444. The highest BCUT2D eigenvalue weighted by Gasteiger charge is 2.25. The number of hydrogen-bond donors (Lipinski definition) is 1. The molecule has 2 amide bonds. The molecule has 6 nitrogen and oxygen atoms in total. The molecule has 0 radical (unpaired) electrons. The van der Waals surface area contributed by atoms with Crippen molar-refractivity contribution in [3.8, 4) is 0 Å². The van der Waals surface area contributed by atoms with E-state index in [4.69, 9.17) is 4.74 Å². The molecule has 3 rings (SSSR count). The Labute approximate surface area is 156 Å². The van der Waals surface area contributed by atoms with Crippen molar-refractivity contribution in [2.24, 2.45) is 5.92 Å². The van der Waals surface area contributed by atoms with Crippen molar-refractivity contribution in [3.63, 3.8) is 0 Å². The van der Waals surface area contributed by atoms with Crippen molar-refractivity contribution in [1.29, 1.82) is 0 Å². The molecule has 1 aromatic heterocycles. The zero-order valence-electron chi connectivity index (χ0n) is 14.3. The quantitative estimate of drug-likeness (QED) is 0.829. The molecule has 2 unspecified atom stereocenters. The second-order valence-electron chi connectivity index (χ2n) is 6.38. The summed E-state index contributed by atoms with van der Waals surface area (Å²) < 4.78 is 8.74. The Morgan fingerprint density at radius 2 is 2.36 bits per heavy atom. The molecule has 2 atom stereocenters. The molecule has 2 heterocycles. The van der Waals surface area contributed by atoms with Gasteiger partial charge in [-0.1, -0.05) is 35.0 Å². The van der Waals surface area contributed by atoms with Gasteiger partial charge in [-0.2, -0.15) is 5.10 Å². The van der Waals surface area contributed by atoms with Crippen molar-refractivity contribution in [2.75, 3.05) is 26.2 Å². The number of carbonyl (C=O) groups excluding carboxylic acids is 1. The van der Waals surface area contributed by atoms with E-state index in [-0.39, 0.29) is 12.1 Å². The van der Waals surface area contributed by atoms with Gasteiger partial charge in [0.25, 0.3) is 0 Å². The van der Waals surface area contributed by atoms with E-state index in [2.05, 4.69) is 33.3 Å². The summed E-state index contributed by atoms with van der Waals surface area (Å²) in [4.78, 5) is 14.3. The summed E-state index contributed by atoms with van der Waals surface area (Å²) in [5.74, 6) is 0.311. The summed E-state index contributed by atoms with van der Waals surface area (Å²) in [6, 6.07) is 9.91. The highest BCUT2D eigenvalue weighted by atomic mass is 79.9. The van der Waals surface area contributed by atoms with Gasteiger partial charge >= 0.3 is 6.03 Å². The summed E-state index contributed by atoms with van der Waals surface area (Å²) in [6.07, 6.45) is 3.61. The van der Waals surface area contributed by atoms with E-state index in [1.54, 1.807) is 6.20 Å². The third kappa shape index (κ3) is 5.06. The number of amides is 2. The Bertz CT molecular complexity index is 692.